The minimum absolute atomic E-state index is 0.118. The van der Waals surface area contributed by atoms with Gasteiger partial charge in [0.1, 0.15) is 11.5 Å². The van der Waals surface area contributed by atoms with Gasteiger partial charge in [0.2, 0.25) is 0 Å². The van der Waals surface area contributed by atoms with Crippen LogP contribution in [0.2, 0.25) is 0 Å². The molecule has 0 bridgehead atoms. The molecule has 6 nitrogen and oxygen atoms in total. The first kappa shape index (κ1) is 14.9. The van der Waals surface area contributed by atoms with Crippen molar-refractivity contribution in [2.75, 3.05) is 0 Å². The Balaban J connectivity index is 1.50. The Morgan fingerprint density at radius 3 is 3.04 bits per heavy atom. The van der Waals surface area contributed by atoms with Gasteiger partial charge in [-0.05, 0) is 30.0 Å². The summed E-state index contributed by atoms with van der Waals surface area (Å²) in [5, 5.41) is 12.3. The first-order valence-electron chi connectivity index (χ1n) is 8.43. The molecule has 6 heteroatoms. The van der Waals surface area contributed by atoms with Crippen LogP contribution in [0.15, 0.2) is 24.3 Å². The van der Waals surface area contributed by atoms with E-state index in [1.165, 1.54) is 5.56 Å². The molecular weight excluding hydrogens is 302 g/mol. The van der Waals surface area contributed by atoms with Gasteiger partial charge in [0.15, 0.2) is 5.82 Å². The molecular formula is C18H21N5O. The number of hydrogen-bond acceptors (Lipinski definition) is 3. The van der Waals surface area contributed by atoms with Crippen molar-refractivity contribution in [3.63, 3.8) is 0 Å². The number of benzene rings is 1. The van der Waals surface area contributed by atoms with E-state index in [1.54, 1.807) is 0 Å². The monoisotopic (exact) mass is 323 g/mol. The van der Waals surface area contributed by atoms with Crippen LogP contribution in [0.3, 0.4) is 0 Å². The van der Waals surface area contributed by atoms with Crippen LogP contribution in [0, 0.1) is 0 Å². The third-order valence-electron chi connectivity index (χ3n) is 4.65. The van der Waals surface area contributed by atoms with Gasteiger partial charge in [0.25, 0.3) is 5.91 Å². The fraction of sp³-hybridized carbons (Fsp3) is 0.389. The van der Waals surface area contributed by atoms with Gasteiger partial charge in [-0.3, -0.25) is 4.79 Å². The van der Waals surface area contributed by atoms with E-state index in [0.717, 1.165) is 41.9 Å². The second-order valence-corrected chi connectivity index (χ2v) is 6.65. The molecule has 1 amide bonds. The molecule has 24 heavy (non-hydrogen) atoms. The molecule has 124 valence electrons. The van der Waals surface area contributed by atoms with Crippen LogP contribution in [0.4, 0.5) is 0 Å². The number of rotatable bonds is 4. The highest BCUT2D eigenvalue weighted by Gasteiger charge is 2.18. The molecule has 2 aromatic heterocycles. The number of carbonyl (C=O) groups is 1. The van der Waals surface area contributed by atoms with Crippen molar-refractivity contribution in [2.24, 2.45) is 0 Å². The van der Waals surface area contributed by atoms with E-state index >= 15 is 0 Å². The van der Waals surface area contributed by atoms with Crippen LogP contribution < -0.4 is 5.32 Å². The minimum Gasteiger partial charge on any atom is -0.351 e. The topological polar surface area (TPSA) is 75.6 Å². The van der Waals surface area contributed by atoms with Crippen molar-refractivity contribution in [2.45, 2.75) is 45.7 Å². The van der Waals surface area contributed by atoms with Gasteiger partial charge in [-0.25, -0.2) is 0 Å². The molecule has 0 radical (unpaired) electrons. The highest BCUT2D eigenvalue weighted by atomic mass is 16.1. The number of amides is 1. The van der Waals surface area contributed by atoms with Crippen LogP contribution in [0.25, 0.3) is 10.9 Å². The average Bonchev–Trinajstić information content (AvgIpc) is 3.26. The van der Waals surface area contributed by atoms with Crippen molar-refractivity contribution in [1.29, 1.82) is 0 Å². The van der Waals surface area contributed by atoms with E-state index in [0.29, 0.717) is 18.2 Å². The SMILES string of the molecule is CC(C)c1ccc2cc(C(=O)NCc3nnc4n3CCC4)[nH]c2c1. The molecule has 0 saturated heterocycles. The van der Waals surface area contributed by atoms with Crippen LogP contribution in [0.1, 0.15) is 53.9 Å². The first-order chi connectivity index (χ1) is 11.6. The number of carbonyl (C=O) groups excluding carboxylic acids is 1. The highest BCUT2D eigenvalue weighted by molar-refractivity contribution is 5.98. The summed E-state index contributed by atoms with van der Waals surface area (Å²) in [6.07, 6.45) is 2.08. The molecule has 4 rings (SSSR count). The third-order valence-corrected chi connectivity index (χ3v) is 4.65. The fourth-order valence-corrected chi connectivity index (χ4v) is 3.22. The molecule has 2 N–H and O–H groups in total. The molecule has 0 saturated carbocycles. The summed E-state index contributed by atoms with van der Waals surface area (Å²) in [7, 11) is 0. The van der Waals surface area contributed by atoms with Gasteiger partial charge in [-0.2, -0.15) is 0 Å². The highest BCUT2D eigenvalue weighted by Crippen LogP contribution is 2.22. The predicted molar refractivity (Wildman–Crippen MR) is 91.9 cm³/mol. The molecule has 0 atom stereocenters. The van der Waals surface area contributed by atoms with Crippen LogP contribution >= 0.6 is 0 Å². The van der Waals surface area contributed by atoms with E-state index in [1.807, 2.05) is 6.07 Å². The Morgan fingerprint density at radius 2 is 2.21 bits per heavy atom. The second-order valence-electron chi connectivity index (χ2n) is 6.65. The van der Waals surface area contributed by atoms with Gasteiger partial charge in [-0.15, -0.1) is 10.2 Å². The molecule has 1 aliphatic heterocycles. The maximum atomic E-state index is 12.4. The van der Waals surface area contributed by atoms with Crippen LogP contribution in [-0.2, 0) is 19.5 Å². The van der Waals surface area contributed by atoms with E-state index in [-0.39, 0.29) is 5.91 Å². The van der Waals surface area contributed by atoms with Crippen molar-refractivity contribution in [3.05, 3.63) is 47.2 Å². The molecule has 0 fully saturated rings. The van der Waals surface area contributed by atoms with Crippen molar-refractivity contribution in [3.8, 4) is 0 Å². The van der Waals surface area contributed by atoms with E-state index in [4.69, 9.17) is 0 Å². The normalized spacial score (nSPS) is 13.6. The van der Waals surface area contributed by atoms with Crippen LogP contribution in [-0.4, -0.2) is 25.7 Å². The smallest absolute Gasteiger partial charge is 0.268 e. The average molecular weight is 323 g/mol. The number of nitrogens with zero attached hydrogens (tertiary/aromatic N) is 3. The molecule has 1 aliphatic rings. The number of aromatic amines is 1. The van der Waals surface area contributed by atoms with E-state index in [2.05, 4.69) is 57.1 Å². The maximum Gasteiger partial charge on any atom is 0.268 e. The van der Waals surface area contributed by atoms with Gasteiger partial charge in [0.05, 0.1) is 6.54 Å². The number of aromatic nitrogens is 4. The minimum atomic E-state index is -0.118. The number of fused-ring (bicyclic) bond motifs is 2. The Kier molecular flexibility index (Phi) is 3.59. The van der Waals surface area contributed by atoms with E-state index in [9.17, 15) is 4.79 Å². The summed E-state index contributed by atoms with van der Waals surface area (Å²) in [5.41, 5.74) is 2.83. The molecule has 3 aromatic rings. The summed E-state index contributed by atoms with van der Waals surface area (Å²) in [4.78, 5) is 15.6. The summed E-state index contributed by atoms with van der Waals surface area (Å²) in [5.74, 6) is 2.19. The molecule has 1 aromatic carbocycles. The summed E-state index contributed by atoms with van der Waals surface area (Å²) in [6.45, 7) is 5.67. The predicted octanol–water partition coefficient (Wildman–Crippen LogP) is 2.76. The lowest BCUT2D eigenvalue weighted by atomic mass is 10.0. The number of H-pyrrole nitrogens is 1. The quantitative estimate of drug-likeness (QED) is 0.775. The molecule has 0 spiro atoms. The summed E-state index contributed by atoms with van der Waals surface area (Å²) < 4.78 is 2.10. The number of nitrogens with one attached hydrogen (secondary N) is 2. The summed E-state index contributed by atoms with van der Waals surface area (Å²) in [6, 6.07) is 8.18. The largest absolute Gasteiger partial charge is 0.351 e. The Labute approximate surface area is 140 Å². The van der Waals surface area contributed by atoms with Crippen LogP contribution in [0.5, 0.6) is 0 Å². The lowest BCUT2D eigenvalue weighted by Crippen LogP contribution is -2.24. The Morgan fingerprint density at radius 1 is 1.33 bits per heavy atom. The standard InChI is InChI=1S/C18H21N5O/c1-11(2)12-5-6-13-9-15(20-14(13)8-12)18(24)19-10-17-22-21-16-4-3-7-23(16)17/h5-6,8-9,11,20H,3-4,7,10H2,1-2H3,(H,19,24). The number of aryl methyl sites for hydroxylation is 1. The zero-order valence-electron chi connectivity index (χ0n) is 14.0. The third kappa shape index (κ3) is 2.58. The van der Waals surface area contributed by atoms with Gasteiger partial charge in [-0.1, -0.05) is 26.0 Å². The molecule has 0 unspecified atom stereocenters. The van der Waals surface area contributed by atoms with Crippen molar-refractivity contribution < 1.29 is 4.79 Å². The second kappa shape index (κ2) is 5.78. The van der Waals surface area contributed by atoms with Gasteiger partial charge in [0, 0.05) is 23.9 Å². The maximum absolute atomic E-state index is 12.4. The van der Waals surface area contributed by atoms with Gasteiger partial charge < -0.3 is 14.9 Å². The zero-order chi connectivity index (χ0) is 16.7. The number of hydrogen-bond donors (Lipinski definition) is 2. The Hall–Kier alpha value is -2.63. The van der Waals surface area contributed by atoms with E-state index < -0.39 is 0 Å². The zero-order valence-corrected chi connectivity index (χ0v) is 14.0. The van der Waals surface area contributed by atoms with Gasteiger partial charge >= 0.3 is 0 Å². The first-order valence-corrected chi connectivity index (χ1v) is 8.43. The summed E-state index contributed by atoms with van der Waals surface area (Å²) >= 11 is 0. The fourth-order valence-electron chi connectivity index (χ4n) is 3.22. The Bertz CT molecular complexity index is 905. The molecule has 3 heterocycles. The lowest BCUT2D eigenvalue weighted by Gasteiger charge is -2.04. The molecule has 0 aliphatic carbocycles. The lowest BCUT2D eigenvalue weighted by molar-refractivity contribution is 0.0945. The van der Waals surface area contributed by atoms with Crippen molar-refractivity contribution >= 4 is 16.8 Å². The van der Waals surface area contributed by atoms with Crippen molar-refractivity contribution in [1.82, 2.24) is 25.1 Å².